The van der Waals surface area contributed by atoms with Crippen molar-refractivity contribution in [2.75, 3.05) is 24.5 Å². The fourth-order valence-corrected chi connectivity index (χ4v) is 5.94. The van der Waals surface area contributed by atoms with E-state index in [9.17, 15) is 9.65 Å². The number of aromatic nitrogens is 1. The Morgan fingerprint density at radius 2 is 2.03 bits per heavy atom. The highest BCUT2D eigenvalue weighted by molar-refractivity contribution is 5.45. The van der Waals surface area contributed by atoms with Crippen LogP contribution in [0.25, 0.3) is 0 Å². The van der Waals surface area contributed by atoms with Gasteiger partial charge in [-0.1, -0.05) is 18.6 Å². The minimum atomic E-state index is -0.144. The number of halogens is 1. The summed E-state index contributed by atoms with van der Waals surface area (Å²) in [7, 11) is 0. The summed E-state index contributed by atoms with van der Waals surface area (Å²) in [6.07, 6.45) is 7.73. The van der Waals surface area contributed by atoms with Gasteiger partial charge in [0.1, 0.15) is 11.6 Å². The zero-order chi connectivity index (χ0) is 19.8. The number of nitriles is 1. The topological polar surface area (TPSA) is 43.2 Å². The number of benzene rings is 1. The molecule has 3 aliphatic rings. The zero-order valence-electron chi connectivity index (χ0n) is 16.7. The normalized spacial score (nSPS) is 29.2. The summed E-state index contributed by atoms with van der Waals surface area (Å²) in [6.45, 7) is 3.15. The Labute approximate surface area is 172 Å². The van der Waals surface area contributed by atoms with Gasteiger partial charge < -0.3 is 4.90 Å². The quantitative estimate of drug-likeness (QED) is 0.794. The summed E-state index contributed by atoms with van der Waals surface area (Å²) in [5, 5.41) is 9.27. The second kappa shape index (κ2) is 7.76. The highest BCUT2D eigenvalue weighted by Gasteiger charge is 2.47. The first-order valence-electron chi connectivity index (χ1n) is 10.8. The molecule has 3 fully saturated rings. The smallest absolute Gasteiger partial charge is 0.129 e. The molecule has 0 spiro atoms. The molecule has 0 radical (unpaired) electrons. The van der Waals surface area contributed by atoms with Gasteiger partial charge in [0.25, 0.3) is 0 Å². The highest BCUT2D eigenvalue weighted by atomic mass is 19.1. The van der Waals surface area contributed by atoms with Crippen molar-refractivity contribution in [3.05, 3.63) is 59.5 Å². The molecule has 1 aromatic carbocycles. The number of fused-ring (bicyclic) bond motifs is 4. The summed E-state index contributed by atoms with van der Waals surface area (Å²) in [4.78, 5) is 9.72. The Morgan fingerprint density at radius 3 is 2.90 bits per heavy atom. The number of pyridine rings is 1. The lowest BCUT2D eigenvalue weighted by atomic mass is 9.71. The van der Waals surface area contributed by atoms with Gasteiger partial charge in [0.15, 0.2) is 0 Å². The van der Waals surface area contributed by atoms with Gasteiger partial charge in [0.05, 0.1) is 11.6 Å². The van der Waals surface area contributed by atoms with Gasteiger partial charge in [-0.25, -0.2) is 9.37 Å². The second-order valence-electron chi connectivity index (χ2n) is 8.88. The van der Waals surface area contributed by atoms with Crippen LogP contribution in [0.15, 0.2) is 42.6 Å². The lowest BCUT2D eigenvalue weighted by molar-refractivity contribution is -0.0318. The molecular formula is C24H27FN4. The van der Waals surface area contributed by atoms with E-state index in [2.05, 4.69) is 26.9 Å². The number of nitrogens with zero attached hydrogens (tertiary/aromatic N) is 4. The van der Waals surface area contributed by atoms with Crippen molar-refractivity contribution in [2.24, 2.45) is 11.8 Å². The van der Waals surface area contributed by atoms with Crippen LogP contribution in [0, 0.1) is 29.0 Å². The van der Waals surface area contributed by atoms with Gasteiger partial charge in [0, 0.05) is 31.4 Å². The Hall–Kier alpha value is -2.45. The molecule has 0 aliphatic carbocycles. The summed E-state index contributed by atoms with van der Waals surface area (Å²) in [5.74, 6) is 1.96. The lowest BCUT2D eigenvalue weighted by Gasteiger charge is -2.57. The molecular weight excluding hydrogens is 363 g/mol. The summed E-state index contributed by atoms with van der Waals surface area (Å²) in [6, 6.07) is 14.1. The monoisotopic (exact) mass is 390 g/mol. The molecule has 2 aromatic rings. The van der Waals surface area contributed by atoms with E-state index in [1.807, 2.05) is 12.1 Å². The van der Waals surface area contributed by atoms with E-state index in [1.54, 1.807) is 18.3 Å². The lowest BCUT2D eigenvalue weighted by Crippen LogP contribution is -2.64. The van der Waals surface area contributed by atoms with Crippen LogP contribution in [-0.2, 0) is 6.42 Å². The number of piperidine rings is 3. The van der Waals surface area contributed by atoms with Crippen molar-refractivity contribution >= 4 is 5.82 Å². The zero-order valence-corrected chi connectivity index (χ0v) is 16.7. The molecule has 0 amide bonds. The Balaban J connectivity index is 1.44. The van der Waals surface area contributed by atoms with E-state index >= 15 is 0 Å². The SMILES string of the molecule is N#Cc1ccnc(N2C[C@H]3C[C@@H](C2)[C@H](Cc2cccc(F)c2)N2CCCC[C@@H]32)c1. The maximum atomic E-state index is 13.8. The maximum absolute atomic E-state index is 13.8. The molecule has 5 heteroatoms. The van der Waals surface area contributed by atoms with E-state index < -0.39 is 0 Å². The third kappa shape index (κ3) is 3.62. The molecule has 29 heavy (non-hydrogen) atoms. The first kappa shape index (κ1) is 18.6. The third-order valence-electron chi connectivity index (χ3n) is 7.15. The minimum Gasteiger partial charge on any atom is -0.356 e. The van der Waals surface area contributed by atoms with Crippen molar-refractivity contribution in [3.8, 4) is 6.07 Å². The van der Waals surface area contributed by atoms with E-state index in [0.29, 0.717) is 29.5 Å². The predicted octanol–water partition coefficient (Wildman–Crippen LogP) is 4.01. The average molecular weight is 391 g/mol. The van der Waals surface area contributed by atoms with E-state index in [0.717, 1.165) is 30.9 Å². The maximum Gasteiger partial charge on any atom is 0.129 e. The average Bonchev–Trinajstić information content (AvgIpc) is 2.77. The first-order valence-corrected chi connectivity index (χ1v) is 10.8. The summed E-state index contributed by atoms with van der Waals surface area (Å²) >= 11 is 0. The van der Waals surface area contributed by atoms with Crippen molar-refractivity contribution < 1.29 is 4.39 Å². The van der Waals surface area contributed by atoms with Crippen LogP contribution in [0.1, 0.15) is 36.8 Å². The molecule has 5 rings (SSSR count). The van der Waals surface area contributed by atoms with Crippen molar-refractivity contribution in [2.45, 2.75) is 44.2 Å². The van der Waals surface area contributed by atoms with Crippen LogP contribution < -0.4 is 4.90 Å². The van der Waals surface area contributed by atoms with Gasteiger partial charge in [-0.05, 0) is 73.9 Å². The summed E-state index contributed by atoms with van der Waals surface area (Å²) < 4.78 is 13.8. The van der Waals surface area contributed by atoms with Gasteiger partial charge in [-0.3, -0.25) is 4.90 Å². The molecule has 4 atom stereocenters. The second-order valence-corrected chi connectivity index (χ2v) is 8.88. The minimum absolute atomic E-state index is 0.144. The molecule has 2 bridgehead atoms. The van der Waals surface area contributed by atoms with Crippen LogP contribution in [0.5, 0.6) is 0 Å². The number of hydrogen-bond donors (Lipinski definition) is 0. The van der Waals surface area contributed by atoms with Crippen LogP contribution in [-0.4, -0.2) is 41.6 Å². The fraction of sp³-hybridized carbons (Fsp3) is 0.500. The van der Waals surface area contributed by atoms with Gasteiger partial charge in [-0.15, -0.1) is 0 Å². The van der Waals surface area contributed by atoms with Gasteiger partial charge in [-0.2, -0.15) is 5.26 Å². The van der Waals surface area contributed by atoms with Gasteiger partial charge >= 0.3 is 0 Å². The fourth-order valence-electron chi connectivity index (χ4n) is 5.94. The van der Waals surface area contributed by atoms with E-state index in [1.165, 1.54) is 38.3 Å². The predicted molar refractivity (Wildman–Crippen MR) is 111 cm³/mol. The molecule has 0 unspecified atom stereocenters. The molecule has 1 aromatic heterocycles. The largest absolute Gasteiger partial charge is 0.356 e. The van der Waals surface area contributed by atoms with Crippen molar-refractivity contribution in [1.82, 2.24) is 9.88 Å². The van der Waals surface area contributed by atoms with Gasteiger partial charge in [0.2, 0.25) is 0 Å². The molecule has 4 heterocycles. The standard InChI is InChI=1S/C24H27FN4/c25-21-5-3-4-17(10-21)11-23-20-13-19(22-6-1-2-9-29(22)23)15-28(16-20)24-12-18(14-26)7-8-27-24/h3-5,7-8,10,12,19-20,22-23H,1-2,6,9,11,13,15-16H2/t19-,20+,22+,23+/m1/s1. The molecule has 0 N–H and O–H groups in total. The Morgan fingerprint density at radius 1 is 1.14 bits per heavy atom. The number of hydrogen-bond acceptors (Lipinski definition) is 4. The van der Waals surface area contributed by atoms with Crippen LogP contribution >= 0.6 is 0 Å². The number of anilines is 1. The van der Waals surface area contributed by atoms with E-state index in [-0.39, 0.29) is 5.82 Å². The molecule has 150 valence electrons. The van der Waals surface area contributed by atoms with Crippen molar-refractivity contribution in [3.63, 3.8) is 0 Å². The first-order chi connectivity index (χ1) is 14.2. The Bertz CT molecular complexity index is 923. The Kier molecular flexibility index (Phi) is 4.97. The van der Waals surface area contributed by atoms with Crippen LogP contribution in [0.4, 0.5) is 10.2 Å². The third-order valence-corrected chi connectivity index (χ3v) is 7.15. The highest BCUT2D eigenvalue weighted by Crippen LogP contribution is 2.43. The molecule has 0 saturated carbocycles. The summed E-state index contributed by atoms with van der Waals surface area (Å²) in [5.41, 5.74) is 1.76. The molecule has 4 nitrogen and oxygen atoms in total. The van der Waals surface area contributed by atoms with E-state index in [4.69, 9.17) is 0 Å². The number of rotatable bonds is 3. The van der Waals surface area contributed by atoms with Crippen LogP contribution in [0.2, 0.25) is 0 Å². The van der Waals surface area contributed by atoms with Crippen LogP contribution in [0.3, 0.4) is 0 Å². The van der Waals surface area contributed by atoms with Crippen molar-refractivity contribution in [1.29, 1.82) is 5.26 Å². The molecule has 3 aliphatic heterocycles. The molecule has 3 saturated heterocycles.